The molecule has 0 aromatic heterocycles. The van der Waals surface area contributed by atoms with E-state index in [1.54, 1.807) is 0 Å². The van der Waals surface area contributed by atoms with Gasteiger partial charge in [0.15, 0.2) is 0 Å². The van der Waals surface area contributed by atoms with Gasteiger partial charge in [-0.2, -0.15) is 0 Å². The Morgan fingerprint density at radius 1 is 1.44 bits per heavy atom. The summed E-state index contributed by atoms with van der Waals surface area (Å²) >= 11 is 0. The molecule has 1 rings (SSSR count). The molecule has 0 amide bonds. The lowest BCUT2D eigenvalue weighted by atomic mass is 9.84. The third-order valence-electron chi connectivity index (χ3n) is 3.61. The topological polar surface area (TPSA) is 24.5 Å². The van der Waals surface area contributed by atoms with Crippen molar-refractivity contribution in [2.45, 2.75) is 39.7 Å². The Labute approximate surface area is 101 Å². The van der Waals surface area contributed by atoms with Crippen molar-refractivity contribution in [1.82, 2.24) is 10.2 Å². The van der Waals surface area contributed by atoms with Crippen LogP contribution < -0.4 is 5.32 Å². The van der Waals surface area contributed by atoms with Crippen LogP contribution in [0.3, 0.4) is 0 Å². The summed E-state index contributed by atoms with van der Waals surface area (Å²) in [6, 6.07) is 0. The minimum atomic E-state index is 0.349. The minimum absolute atomic E-state index is 0.349. The zero-order valence-electron chi connectivity index (χ0n) is 11.4. The highest BCUT2D eigenvalue weighted by molar-refractivity contribution is 4.88. The zero-order chi connectivity index (χ0) is 12.0. The molecule has 1 atom stereocenters. The Hall–Kier alpha value is -0.120. The molecule has 0 aromatic carbocycles. The fraction of sp³-hybridized carbons (Fsp3) is 1.00. The van der Waals surface area contributed by atoms with Gasteiger partial charge >= 0.3 is 0 Å². The Morgan fingerprint density at radius 3 is 2.69 bits per heavy atom. The van der Waals surface area contributed by atoms with Crippen LogP contribution in [0.5, 0.6) is 0 Å². The first-order valence-electron chi connectivity index (χ1n) is 6.59. The second-order valence-corrected chi connectivity index (χ2v) is 5.44. The second-order valence-electron chi connectivity index (χ2n) is 5.44. The van der Waals surface area contributed by atoms with Crippen LogP contribution in [0.2, 0.25) is 0 Å². The maximum Gasteiger partial charge on any atom is 0.0596 e. The van der Waals surface area contributed by atoms with Gasteiger partial charge in [0.25, 0.3) is 0 Å². The van der Waals surface area contributed by atoms with Gasteiger partial charge in [0.2, 0.25) is 0 Å². The molecule has 3 heteroatoms. The summed E-state index contributed by atoms with van der Waals surface area (Å²) < 4.78 is 5.59. The number of nitrogens with zero attached hydrogens (tertiary/aromatic N) is 1. The third kappa shape index (κ3) is 4.40. The maximum atomic E-state index is 5.59. The standard InChI is InChI=1S/C13H28N2O/c1-5-13(6-7-14-10-13)11-15(4)8-9-16-12(2)3/h12,14H,5-11H2,1-4H3. The van der Waals surface area contributed by atoms with E-state index in [4.69, 9.17) is 4.74 Å². The number of rotatable bonds is 7. The number of likely N-dealkylation sites (N-methyl/N-ethyl adjacent to an activating group) is 1. The first-order chi connectivity index (χ1) is 7.58. The number of hydrogen-bond acceptors (Lipinski definition) is 3. The van der Waals surface area contributed by atoms with Crippen LogP contribution in [0.15, 0.2) is 0 Å². The van der Waals surface area contributed by atoms with Crippen molar-refractivity contribution in [1.29, 1.82) is 0 Å². The van der Waals surface area contributed by atoms with Crippen molar-refractivity contribution >= 4 is 0 Å². The van der Waals surface area contributed by atoms with E-state index in [-0.39, 0.29) is 0 Å². The van der Waals surface area contributed by atoms with E-state index in [0.717, 1.165) is 13.2 Å². The van der Waals surface area contributed by atoms with E-state index in [0.29, 0.717) is 11.5 Å². The first kappa shape index (κ1) is 13.9. The Morgan fingerprint density at radius 2 is 2.19 bits per heavy atom. The van der Waals surface area contributed by atoms with Crippen LogP contribution in [0, 0.1) is 5.41 Å². The molecule has 0 aliphatic carbocycles. The van der Waals surface area contributed by atoms with Gasteiger partial charge in [0.05, 0.1) is 12.7 Å². The van der Waals surface area contributed by atoms with E-state index < -0.39 is 0 Å². The molecule has 0 radical (unpaired) electrons. The van der Waals surface area contributed by atoms with Crippen LogP contribution >= 0.6 is 0 Å². The highest BCUT2D eigenvalue weighted by Gasteiger charge is 2.32. The average molecular weight is 228 g/mol. The summed E-state index contributed by atoms with van der Waals surface area (Å²) in [5.41, 5.74) is 0.507. The molecule has 1 aliphatic rings. The van der Waals surface area contributed by atoms with Crippen molar-refractivity contribution in [2.24, 2.45) is 5.41 Å². The average Bonchev–Trinajstić information content (AvgIpc) is 2.66. The number of nitrogens with one attached hydrogen (secondary N) is 1. The molecule has 0 bridgehead atoms. The molecule has 0 spiro atoms. The van der Waals surface area contributed by atoms with Crippen LogP contribution in [-0.2, 0) is 4.74 Å². The molecule has 1 aliphatic heterocycles. The fourth-order valence-corrected chi connectivity index (χ4v) is 2.44. The van der Waals surface area contributed by atoms with Crippen molar-refractivity contribution in [3.63, 3.8) is 0 Å². The van der Waals surface area contributed by atoms with Gasteiger partial charge in [-0.25, -0.2) is 0 Å². The molecule has 0 saturated carbocycles. The molecular formula is C13H28N2O. The van der Waals surface area contributed by atoms with Gasteiger partial charge in [-0.15, -0.1) is 0 Å². The monoisotopic (exact) mass is 228 g/mol. The fourth-order valence-electron chi connectivity index (χ4n) is 2.44. The lowest BCUT2D eigenvalue weighted by Crippen LogP contribution is -2.38. The Balaban J connectivity index is 2.24. The SMILES string of the molecule is CCC1(CN(C)CCOC(C)C)CCNC1. The quantitative estimate of drug-likeness (QED) is 0.718. The predicted molar refractivity (Wildman–Crippen MR) is 68.8 cm³/mol. The highest BCUT2D eigenvalue weighted by Crippen LogP contribution is 2.29. The Kier molecular flexibility index (Phi) is 5.73. The van der Waals surface area contributed by atoms with E-state index in [9.17, 15) is 0 Å². The lowest BCUT2D eigenvalue weighted by molar-refractivity contribution is 0.0553. The van der Waals surface area contributed by atoms with Crippen molar-refractivity contribution in [2.75, 3.05) is 39.8 Å². The van der Waals surface area contributed by atoms with E-state index in [2.05, 4.69) is 38.0 Å². The number of ether oxygens (including phenoxy) is 1. The third-order valence-corrected chi connectivity index (χ3v) is 3.61. The van der Waals surface area contributed by atoms with Gasteiger partial charge in [0.1, 0.15) is 0 Å². The summed E-state index contributed by atoms with van der Waals surface area (Å²) in [6.45, 7) is 11.9. The van der Waals surface area contributed by atoms with Gasteiger partial charge < -0.3 is 15.0 Å². The largest absolute Gasteiger partial charge is 0.377 e. The van der Waals surface area contributed by atoms with Crippen LogP contribution in [0.25, 0.3) is 0 Å². The summed E-state index contributed by atoms with van der Waals surface area (Å²) in [5, 5.41) is 3.49. The summed E-state index contributed by atoms with van der Waals surface area (Å²) in [6.07, 6.45) is 2.94. The zero-order valence-corrected chi connectivity index (χ0v) is 11.4. The molecule has 1 N–H and O–H groups in total. The molecule has 3 nitrogen and oxygen atoms in total. The highest BCUT2D eigenvalue weighted by atomic mass is 16.5. The summed E-state index contributed by atoms with van der Waals surface area (Å²) in [4.78, 5) is 2.42. The van der Waals surface area contributed by atoms with Gasteiger partial charge in [-0.1, -0.05) is 6.92 Å². The smallest absolute Gasteiger partial charge is 0.0596 e. The van der Waals surface area contributed by atoms with E-state index >= 15 is 0 Å². The molecule has 1 heterocycles. The first-order valence-corrected chi connectivity index (χ1v) is 6.59. The van der Waals surface area contributed by atoms with Crippen LogP contribution in [-0.4, -0.2) is 50.8 Å². The minimum Gasteiger partial charge on any atom is -0.377 e. The molecular weight excluding hydrogens is 200 g/mol. The summed E-state index contributed by atoms with van der Waals surface area (Å²) in [7, 11) is 2.21. The molecule has 1 unspecified atom stereocenters. The predicted octanol–water partition coefficient (Wildman–Crippen LogP) is 1.73. The van der Waals surface area contributed by atoms with Crippen molar-refractivity contribution < 1.29 is 4.74 Å². The Bertz CT molecular complexity index is 188. The van der Waals surface area contributed by atoms with Gasteiger partial charge in [-0.3, -0.25) is 0 Å². The molecule has 1 fully saturated rings. The van der Waals surface area contributed by atoms with E-state index in [1.807, 2.05) is 0 Å². The summed E-state index contributed by atoms with van der Waals surface area (Å²) in [5.74, 6) is 0. The van der Waals surface area contributed by atoms with Crippen LogP contribution in [0.1, 0.15) is 33.6 Å². The second kappa shape index (κ2) is 6.58. The molecule has 16 heavy (non-hydrogen) atoms. The molecule has 96 valence electrons. The normalized spacial score (nSPS) is 25.9. The molecule has 1 saturated heterocycles. The lowest BCUT2D eigenvalue weighted by Gasteiger charge is -2.32. The van der Waals surface area contributed by atoms with Gasteiger partial charge in [0, 0.05) is 19.6 Å². The van der Waals surface area contributed by atoms with Crippen LogP contribution in [0.4, 0.5) is 0 Å². The van der Waals surface area contributed by atoms with Crippen molar-refractivity contribution in [3.05, 3.63) is 0 Å². The number of hydrogen-bond donors (Lipinski definition) is 1. The van der Waals surface area contributed by atoms with E-state index in [1.165, 1.54) is 32.5 Å². The van der Waals surface area contributed by atoms with Crippen molar-refractivity contribution in [3.8, 4) is 0 Å². The molecule has 0 aromatic rings. The maximum absolute atomic E-state index is 5.59. The van der Waals surface area contributed by atoms with Gasteiger partial charge in [-0.05, 0) is 45.7 Å².